The number of rotatable bonds is 4. The summed E-state index contributed by atoms with van der Waals surface area (Å²) < 4.78 is 27.9. The number of imidazole rings is 1. The second-order valence-electron chi connectivity index (χ2n) is 7.73. The van der Waals surface area contributed by atoms with Crippen molar-refractivity contribution in [1.82, 2.24) is 15.0 Å². The van der Waals surface area contributed by atoms with Crippen LogP contribution in [0.5, 0.6) is 0 Å². The first kappa shape index (κ1) is 26.4. The van der Waals surface area contributed by atoms with Gasteiger partial charge in [0.1, 0.15) is 23.2 Å². The Labute approximate surface area is 197 Å². The third kappa shape index (κ3) is 7.95. The van der Waals surface area contributed by atoms with Gasteiger partial charge in [0, 0.05) is 19.2 Å². The van der Waals surface area contributed by atoms with Gasteiger partial charge in [0.15, 0.2) is 0 Å². The van der Waals surface area contributed by atoms with Crippen molar-refractivity contribution < 1.29 is 18.7 Å². The molecule has 1 aromatic carbocycles. The summed E-state index contributed by atoms with van der Waals surface area (Å²) in [6.07, 6.45) is 11.9. The van der Waals surface area contributed by atoms with E-state index >= 15 is 0 Å². The quantitative estimate of drug-likeness (QED) is 0.402. The number of hydrogen-bond donors (Lipinski definition) is 3. The topological polar surface area (TPSA) is 98.8 Å². The zero-order valence-electron chi connectivity index (χ0n) is 19.2. The maximum Gasteiger partial charge on any atom is 0.300 e. The third-order valence-corrected chi connectivity index (χ3v) is 5.03. The van der Waals surface area contributed by atoms with Crippen LogP contribution in [-0.4, -0.2) is 26.0 Å². The third-order valence-electron chi connectivity index (χ3n) is 5.03. The molecule has 180 valence electrons. The van der Waals surface area contributed by atoms with Gasteiger partial charge in [-0.05, 0) is 35.4 Å². The largest absolute Gasteiger partial charge is 0.481 e. The number of carboxylic acids is 1. The molecule has 1 aliphatic carbocycles. The Morgan fingerprint density at radius 2 is 1.65 bits per heavy atom. The molecule has 1 fully saturated rings. The molecule has 1 saturated carbocycles. The molecular weight excluding hydrogens is 440 g/mol. The number of pyridine rings is 1. The Morgan fingerprint density at radius 1 is 1.09 bits per heavy atom. The van der Waals surface area contributed by atoms with Crippen molar-refractivity contribution in [2.45, 2.75) is 45.4 Å². The number of nitrogens with one attached hydrogen (secondary N) is 2. The van der Waals surface area contributed by atoms with Crippen molar-refractivity contribution in [2.75, 3.05) is 0 Å². The standard InChI is InChI=1S/C18H13F2N3O.C6H12.C2H4O2/c1-3-15-17(10(2)19)23-18(22-15)13-6-4-11(8-14(13)20)12-5-7-16(24)21-9-12;1-2-4-6-5-3-1;1-2(3)4/h3-9H,1-2H2,(H,21,24)(H,22,23);1-6H2;1H3,(H,3,4). The van der Waals surface area contributed by atoms with E-state index in [1.54, 1.807) is 12.1 Å². The van der Waals surface area contributed by atoms with Gasteiger partial charge >= 0.3 is 0 Å². The maximum atomic E-state index is 14.5. The molecule has 0 bridgehead atoms. The number of carboxylic acid groups (broad SMARTS) is 1. The minimum absolute atomic E-state index is 0.00381. The smallest absolute Gasteiger partial charge is 0.300 e. The lowest BCUT2D eigenvalue weighted by Crippen LogP contribution is -2.01. The maximum absolute atomic E-state index is 14.5. The lowest BCUT2D eigenvalue weighted by atomic mass is 10.0. The first-order valence-corrected chi connectivity index (χ1v) is 11.0. The van der Waals surface area contributed by atoms with Crippen LogP contribution in [0.25, 0.3) is 34.4 Å². The number of benzene rings is 1. The van der Waals surface area contributed by atoms with Gasteiger partial charge in [-0.15, -0.1) is 0 Å². The Morgan fingerprint density at radius 3 is 2.06 bits per heavy atom. The number of aliphatic carboxylic acids is 1. The van der Waals surface area contributed by atoms with Gasteiger partial charge in [-0.3, -0.25) is 9.59 Å². The summed E-state index contributed by atoms with van der Waals surface area (Å²) in [4.78, 5) is 29.5. The van der Waals surface area contributed by atoms with Gasteiger partial charge in [-0.1, -0.05) is 57.7 Å². The molecule has 8 heteroatoms. The number of hydrogen-bond acceptors (Lipinski definition) is 3. The molecule has 6 nitrogen and oxygen atoms in total. The summed E-state index contributed by atoms with van der Waals surface area (Å²) in [7, 11) is 0. The molecule has 4 rings (SSSR count). The lowest BCUT2D eigenvalue weighted by Gasteiger charge is -2.05. The normalized spacial score (nSPS) is 12.4. The molecule has 3 N–H and O–H groups in total. The van der Waals surface area contributed by atoms with E-state index < -0.39 is 17.6 Å². The summed E-state index contributed by atoms with van der Waals surface area (Å²) >= 11 is 0. The van der Waals surface area contributed by atoms with Crippen LogP contribution in [-0.2, 0) is 4.79 Å². The summed E-state index contributed by atoms with van der Waals surface area (Å²) in [5.41, 5.74) is 1.56. The molecule has 0 atom stereocenters. The van der Waals surface area contributed by atoms with E-state index in [0.717, 1.165) is 6.92 Å². The molecule has 1 aliphatic rings. The van der Waals surface area contributed by atoms with Crippen molar-refractivity contribution in [3.8, 4) is 22.5 Å². The number of aromatic amines is 2. The van der Waals surface area contributed by atoms with Crippen LogP contribution >= 0.6 is 0 Å². The summed E-state index contributed by atoms with van der Waals surface area (Å²) in [6.45, 7) is 7.85. The first-order valence-electron chi connectivity index (χ1n) is 11.0. The number of aromatic nitrogens is 3. The van der Waals surface area contributed by atoms with Gasteiger partial charge in [0.05, 0.1) is 11.3 Å². The van der Waals surface area contributed by atoms with Crippen LogP contribution in [0.4, 0.5) is 8.78 Å². The first-order chi connectivity index (χ1) is 16.2. The van der Waals surface area contributed by atoms with Crippen LogP contribution in [0.2, 0.25) is 0 Å². The molecule has 2 heterocycles. The van der Waals surface area contributed by atoms with Gasteiger partial charge in [-0.25, -0.2) is 13.8 Å². The van der Waals surface area contributed by atoms with Crippen LogP contribution in [0, 0.1) is 5.82 Å². The molecule has 0 unspecified atom stereocenters. The molecule has 0 amide bonds. The van der Waals surface area contributed by atoms with E-state index in [2.05, 4.69) is 28.1 Å². The second kappa shape index (κ2) is 13.0. The van der Waals surface area contributed by atoms with E-state index in [1.807, 2.05) is 0 Å². The second-order valence-corrected chi connectivity index (χ2v) is 7.73. The minimum atomic E-state index is -0.833. The van der Waals surface area contributed by atoms with Gasteiger partial charge < -0.3 is 15.1 Å². The Balaban J connectivity index is 0.000000340. The number of H-pyrrole nitrogens is 2. The van der Waals surface area contributed by atoms with Gasteiger partial charge in [-0.2, -0.15) is 0 Å². The van der Waals surface area contributed by atoms with E-state index in [0.29, 0.717) is 16.8 Å². The Hall–Kier alpha value is -3.81. The molecule has 0 saturated heterocycles. The zero-order valence-corrected chi connectivity index (χ0v) is 19.2. The Bertz CT molecular complexity index is 1160. The highest BCUT2D eigenvalue weighted by Gasteiger charge is 2.15. The van der Waals surface area contributed by atoms with E-state index in [1.165, 1.54) is 69.0 Å². The highest BCUT2D eigenvalue weighted by atomic mass is 19.1. The number of carbonyl (C=O) groups is 1. The summed E-state index contributed by atoms with van der Waals surface area (Å²) in [5, 5.41) is 7.42. The fraction of sp³-hybridized carbons (Fsp3) is 0.269. The molecule has 34 heavy (non-hydrogen) atoms. The Kier molecular flexibility index (Phi) is 10.1. The SMILES string of the molecule is C1CCCCC1.C=Cc1[nH]c(-c2ccc(-c3ccc(=O)[nH]c3)cc2F)nc1C(=C)F.CC(=O)O. The number of halogens is 2. The highest BCUT2D eigenvalue weighted by Crippen LogP contribution is 2.28. The fourth-order valence-electron chi connectivity index (χ4n) is 3.41. The molecule has 0 radical (unpaired) electrons. The zero-order chi connectivity index (χ0) is 25.1. The molecule has 3 aromatic rings. The van der Waals surface area contributed by atoms with Crippen LogP contribution in [0.15, 0.2) is 54.5 Å². The molecule has 0 aliphatic heterocycles. The van der Waals surface area contributed by atoms with Crippen molar-refractivity contribution in [2.24, 2.45) is 0 Å². The summed E-state index contributed by atoms with van der Waals surface area (Å²) in [6, 6.07) is 7.51. The average Bonchev–Trinajstić information content (AvgIpc) is 3.25. The van der Waals surface area contributed by atoms with Crippen molar-refractivity contribution in [3.63, 3.8) is 0 Å². The van der Waals surface area contributed by atoms with Crippen molar-refractivity contribution in [1.29, 1.82) is 0 Å². The lowest BCUT2D eigenvalue weighted by molar-refractivity contribution is -0.134. The van der Waals surface area contributed by atoms with Crippen molar-refractivity contribution in [3.05, 3.63) is 77.2 Å². The minimum Gasteiger partial charge on any atom is -0.481 e. The van der Waals surface area contributed by atoms with Crippen LogP contribution in [0.3, 0.4) is 0 Å². The van der Waals surface area contributed by atoms with Gasteiger partial charge in [0.2, 0.25) is 5.56 Å². The van der Waals surface area contributed by atoms with E-state index in [-0.39, 0.29) is 22.6 Å². The predicted octanol–water partition coefficient (Wildman–Crippen LogP) is 6.59. The average molecular weight is 470 g/mol. The molecule has 0 spiro atoms. The van der Waals surface area contributed by atoms with Crippen LogP contribution in [0.1, 0.15) is 56.8 Å². The van der Waals surface area contributed by atoms with Crippen molar-refractivity contribution >= 4 is 17.9 Å². The van der Waals surface area contributed by atoms with Gasteiger partial charge in [0.25, 0.3) is 5.97 Å². The fourth-order valence-corrected chi connectivity index (χ4v) is 3.41. The molecule has 2 aromatic heterocycles. The number of nitrogens with zero attached hydrogens (tertiary/aromatic N) is 1. The highest BCUT2D eigenvalue weighted by molar-refractivity contribution is 5.71. The molecular formula is C26H29F2N3O3. The predicted molar refractivity (Wildman–Crippen MR) is 131 cm³/mol. The van der Waals surface area contributed by atoms with E-state index in [9.17, 15) is 13.6 Å². The summed E-state index contributed by atoms with van der Waals surface area (Å²) in [5.74, 6) is -1.90. The monoisotopic (exact) mass is 469 g/mol. The van der Waals surface area contributed by atoms with Crippen LogP contribution < -0.4 is 5.56 Å². The van der Waals surface area contributed by atoms with E-state index in [4.69, 9.17) is 9.90 Å².